The minimum absolute atomic E-state index is 0.00408. The topological polar surface area (TPSA) is 86.8 Å². The summed E-state index contributed by atoms with van der Waals surface area (Å²) in [5.41, 5.74) is 1.99. The molecule has 0 aliphatic carbocycles. The number of nitrogens with zero attached hydrogens (tertiary/aromatic N) is 2. The van der Waals surface area contributed by atoms with E-state index >= 15 is 0 Å². The lowest BCUT2D eigenvalue weighted by atomic mass is 10.1. The Labute approximate surface area is 238 Å². The fourth-order valence-corrected chi connectivity index (χ4v) is 5.61. The summed E-state index contributed by atoms with van der Waals surface area (Å²) < 4.78 is 29.5. The van der Waals surface area contributed by atoms with Crippen LogP contribution in [0.15, 0.2) is 82.2 Å². The quantitative estimate of drug-likeness (QED) is 0.305. The van der Waals surface area contributed by atoms with Gasteiger partial charge >= 0.3 is 0 Å². The second kappa shape index (κ2) is 13.3. The molecule has 1 atom stereocenters. The van der Waals surface area contributed by atoms with Crippen LogP contribution in [-0.4, -0.2) is 44.3 Å². The lowest BCUT2D eigenvalue weighted by Crippen LogP contribution is -2.51. The van der Waals surface area contributed by atoms with Gasteiger partial charge in [-0.05, 0) is 79.9 Å². The number of benzene rings is 3. The van der Waals surface area contributed by atoms with Crippen molar-refractivity contribution >= 4 is 55.1 Å². The molecule has 10 heteroatoms. The maximum atomic E-state index is 13.8. The van der Waals surface area contributed by atoms with Crippen LogP contribution in [0, 0.1) is 6.92 Å². The molecule has 2 amide bonds. The molecule has 0 aromatic heterocycles. The lowest BCUT2D eigenvalue weighted by molar-refractivity contribution is -0.139. The second-order valence-electron chi connectivity index (χ2n) is 8.92. The maximum Gasteiger partial charge on any atom is 0.264 e. The van der Waals surface area contributed by atoms with Crippen LogP contribution in [0.4, 0.5) is 5.69 Å². The highest BCUT2D eigenvalue weighted by Crippen LogP contribution is 2.26. The monoisotopic (exact) mass is 619 g/mol. The molecule has 0 aliphatic heterocycles. The zero-order valence-electron chi connectivity index (χ0n) is 21.5. The average Bonchev–Trinajstić information content (AvgIpc) is 2.89. The minimum atomic E-state index is -4.13. The van der Waals surface area contributed by atoms with E-state index in [1.165, 1.54) is 29.2 Å². The van der Waals surface area contributed by atoms with Crippen molar-refractivity contribution in [2.24, 2.45) is 0 Å². The molecule has 0 saturated carbocycles. The molecule has 0 heterocycles. The summed E-state index contributed by atoms with van der Waals surface area (Å²) >= 11 is 9.39. The largest absolute Gasteiger partial charge is 0.354 e. The van der Waals surface area contributed by atoms with E-state index in [0.717, 1.165) is 26.3 Å². The highest BCUT2D eigenvalue weighted by Gasteiger charge is 2.32. The van der Waals surface area contributed by atoms with Gasteiger partial charge in [0.15, 0.2) is 0 Å². The van der Waals surface area contributed by atoms with Crippen molar-refractivity contribution < 1.29 is 18.0 Å². The van der Waals surface area contributed by atoms with Gasteiger partial charge in [0.25, 0.3) is 10.0 Å². The Bertz CT molecular complexity index is 1370. The molecule has 0 unspecified atom stereocenters. The fourth-order valence-electron chi connectivity index (χ4n) is 3.81. The van der Waals surface area contributed by atoms with Crippen LogP contribution in [0.25, 0.3) is 0 Å². The van der Waals surface area contributed by atoms with Crippen molar-refractivity contribution in [3.8, 4) is 0 Å². The zero-order chi connectivity index (χ0) is 27.9. The number of hydrogen-bond acceptors (Lipinski definition) is 4. The Morgan fingerprint density at radius 1 is 1.03 bits per heavy atom. The first-order chi connectivity index (χ1) is 18.0. The van der Waals surface area contributed by atoms with Crippen LogP contribution in [0.5, 0.6) is 0 Å². The number of rotatable bonds is 11. The highest BCUT2D eigenvalue weighted by molar-refractivity contribution is 9.10. The van der Waals surface area contributed by atoms with Crippen LogP contribution in [0.2, 0.25) is 5.02 Å². The van der Waals surface area contributed by atoms with E-state index in [2.05, 4.69) is 21.2 Å². The molecule has 0 saturated heterocycles. The van der Waals surface area contributed by atoms with Crippen molar-refractivity contribution in [2.45, 2.75) is 44.7 Å². The van der Waals surface area contributed by atoms with Crippen molar-refractivity contribution in [3.63, 3.8) is 0 Å². The van der Waals surface area contributed by atoms with Gasteiger partial charge in [0.1, 0.15) is 12.6 Å². The van der Waals surface area contributed by atoms with Gasteiger partial charge < -0.3 is 10.2 Å². The van der Waals surface area contributed by atoms with Crippen LogP contribution < -0.4 is 9.62 Å². The molecule has 3 aromatic carbocycles. The summed E-state index contributed by atoms with van der Waals surface area (Å²) in [6, 6.07) is 19.3. The van der Waals surface area contributed by atoms with Gasteiger partial charge in [0.05, 0.1) is 10.6 Å². The number of carbonyl (C=O) groups is 2. The predicted octanol–water partition coefficient (Wildman–Crippen LogP) is 5.55. The Hall–Kier alpha value is -2.88. The molecule has 0 bridgehead atoms. The van der Waals surface area contributed by atoms with Crippen LogP contribution in [0.1, 0.15) is 31.4 Å². The van der Waals surface area contributed by atoms with Crippen molar-refractivity contribution in [2.75, 3.05) is 17.4 Å². The third kappa shape index (κ3) is 7.58. The number of halogens is 2. The van der Waals surface area contributed by atoms with Gasteiger partial charge in [-0.1, -0.05) is 58.7 Å². The molecule has 7 nitrogen and oxygen atoms in total. The number of aryl methyl sites for hydroxylation is 1. The van der Waals surface area contributed by atoms with Gasteiger partial charge in [-0.3, -0.25) is 13.9 Å². The van der Waals surface area contributed by atoms with E-state index in [9.17, 15) is 18.0 Å². The fraction of sp³-hybridized carbons (Fsp3) is 0.286. The summed E-state index contributed by atoms with van der Waals surface area (Å²) in [4.78, 5) is 28.1. The Morgan fingerprint density at radius 3 is 2.29 bits per heavy atom. The number of nitrogens with one attached hydrogen (secondary N) is 1. The number of anilines is 1. The smallest absolute Gasteiger partial charge is 0.264 e. The molecule has 3 rings (SSSR count). The number of hydrogen-bond donors (Lipinski definition) is 1. The van der Waals surface area contributed by atoms with E-state index in [4.69, 9.17) is 11.6 Å². The van der Waals surface area contributed by atoms with Crippen molar-refractivity contribution in [1.82, 2.24) is 10.2 Å². The summed E-state index contributed by atoms with van der Waals surface area (Å²) in [7, 11) is -4.13. The first kappa shape index (κ1) is 29.7. The molecule has 202 valence electrons. The lowest BCUT2D eigenvalue weighted by Gasteiger charge is -2.32. The minimum Gasteiger partial charge on any atom is -0.354 e. The Morgan fingerprint density at radius 2 is 1.68 bits per heavy atom. The normalized spacial score (nSPS) is 12.0. The molecule has 0 radical (unpaired) electrons. The van der Waals surface area contributed by atoms with E-state index in [1.807, 2.05) is 44.2 Å². The number of carbonyl (C=O) groups excluding carboxylic acids is 2. The summed E-state index contributed by atoms with van der Waals surface area (Å²) in [5.74, 6) is -0.814. The molecular weight excluding hydrogens is 590 g/mol. The van der Waals surface area contributed by atoms with E-state index in [0.29, 0.717) is 17.3 Å². The second-order valence-corrected chi connectivity index (χ2v) is 12.1. The van der Waals surface area contributed by atoms with Gasteiger partial charge in [-0.2, -0.15) is 0 Å². The SMILES string of the molecule is CCCNC(=O)[C@H](C)N(Cc1ccc(Br)cc1)C(=O)CN(c1cccc(C)c1)S(=O)(=O)c1ccc(Cl)cc1. The maximum absolute atomic E-state index is 13.8. The van der Waals surface area contributed by atoms with Gasteiger partial charge in [-0.15, -0.1) is 0 Å². The Kier molecular flexibility index (Phi) is 10.4. The van der Waals surface area contributed by atoms with E-state index in [1.54, 1.807) is 25.1 Å². The Balaban J connectivity index is 2.01. The average molecular weight is 621 g/mol. The number of sulfonamides is 1. The summed E-state index contributed by atoms with van der Waals surface area (Å²) in [5, 5.41) is 3.23. The van der Waals surface area contributed by atoms with E-state index < -0.39 is 28.5 Å². The summed E-state index contributed by atoms with van der Waals surface area (Å²) in [6.45, 7) is 5.55. The van der Waals surface area contributed by atoms with Crippen LogP contribution in [0.3, 0.4) is 0 Å². The standard InChI is InChI=1S/C28H31BrClN3O4S/c1-4-16-31-28(35)21(3)32(18-22-8-10-23(29)11-9-22)27(34)19-33(25-7-5-6-20(2)17-25)38(36,37)26-14-12-24(30)13-15-26/h5-15,17,21H,4,16,18-19H2,1-3H3,(H,31,35)/t21-/m0/s1. The van der Waals surface area contributed by atoms with Gasteiger partial charge in [-0.25, -0.2) is 8.42 Å². The molecule has 0 spiro atoms. The molecule has 3 aromatic rings. The third-order valence-electron chi connectivity index (χ3n) is 5.95. The van der Waals surface area contributed by atoms with Gasteiger partial charge in [0.2, 0.25) is 11.8 Å². The van der Waals surface area contributed by atoms with Crippen molar-refractivity contribution in [3.05, 3.63) is 93.4 Å². The van der Waals surface area contributed by atoms with Crippen LogP contribution >= 0.6 is 27.5 Å². The summed E-state index contributed by atoms with van der Waals surface area (Å²) in [6.07, 6.45) is 0.750. The third-order valence-corrected chi connectivity index (χ3v) is 8.52. The van der Waals surface area contributed by atoms with Crippen LogP contribution in [-0.2, 0) is 26.2 Å². The first-order valence-electron chi connectivity index (χ1n) is 12.2. The molecule has 0 aliphatic rings. The zero-order valence-corrected chi connectivity index (χ0v) is 24.7. The van der Waals surface area contributed by atoms with E-state index in [-0.39, 0.29) is 17.3 Å². The molecular formula is C28H31BrClN3O4S. The number of amides is 2. The molecule has 0 fully saturated rings. The van der Waals surface area contributed by atoms with Crippen molar-refractivity contribution in [1.29, 1.82) is 0 Å². The van der Waals surface area contributed by atoms with Gasteiger partial charge in [0, 0.05) is 22.6 Å². The highest BCUT2D eigenvalue weighted by atomic mass is 79.9. The predicted molar refractivity (Wildman–Crippen MR) is 155 cm³/mol. The molecule has 1 N–H and O–H groups in total. The first-order valence-corrected chi connectivity index (χ1v) is 14.8. The molecule has 38 heavy (non-hydrogen) atoms.